The van der Waals surface area contributed by atoms with E-state index < -0.39 is 30.5 Å². The van der Waals surface area contributed by atoms with Crippen LogP contribution in [0.15, 0.2) is 15.1 Å². The van der Waals surface area contributed by atoms with Gasteiger partial charge in [0, 0.05) is 22.3 Å². The van der Waals surface area contributed by atoms with E-state index in [9.17, 15) is 22.8 Å². The molecule has 6 nitrogen and oxygen atoms in total. The second-order valence-corrected chi connectivity index (χ2v) is 8.23. The molecule has 0 fully saturated rings. The van der Waals surface area contributed by atoms with E-state index in [1.807, 2.05) is 6.07 Å². The van der Waals surface area contributed by atoms with Crippen molar-refractivity contribution in [2.24, 2.45) is 5.92 Å². The Balaban J connectivity index is 2.09. The van der Waals surface area contributed by atoms with Crippen LogP contribution >= 0.6 is 31.9 Å². The zero-order chi connectivity index (χ0) is 20.6. The van der Waals surface area contributed by atoms with Crippen molar-refractivity contribution in [2.75, 3.05) is 13.7 Å². The zero-order valence-corrected chi connectivity index (χ0v) is 17.9. The van der Waals surface area contributed by atoms with Crippen LogP contribution in [0.3, 0.4) is 0 Å². The number of nitrogens with one attached hydrogen (secondary N) is 1. The Morgan fingerprint density at radius 2 is 2.14 bits per heavy atom. The first-order chi connectivity index (χ1) is 13.1. The number of nitrogens with zero attached hydrogens (tertiary/aromatic N) is 2. The van der Waals surface area contributed by atoms with E-state index in [1.165, 1.54) is 7.11 Å². The van der Waals surface area contributed by atoms with Crippen LogP contribution in [0, 0.1) is 5.92 Å². The second kappa shape index (κ2) is 8.02. The summed E-state index contributed by atoms with van der Waals surface area (Å²) in [5.41, 5.74) is 1.97. The molecule has 2 aromatic rings. The number of amides is 1. The summed E-state index contributed by atoms with van der Waals surface area (Å²) in [6.45, 7) is -1.62. The van der Waals surface area contributed by atoms with Gasteiger partial charge in [-0.1, -0.05) is 0 Å². The molecule has 1 aliphatic heterocycles. The van der Waals surface area contributed by atoms with Crippen LogP contribution < -0.4 is 0 Å². The summed E-state index contributed by atoms with van der Waals surface area (Å²) >= 11 is 6.79. The number of H-pyrrole nitrogens is 1. The van der Waals surface area contributed by atoms with E-state index in [4.69, 9.17) is 0 Å². The third-order valence-corrected chi connectivity index (χ3v) is 5.90. The number of benzene rings is 1. The maximum Gasteiger partial charge on any atom is 0.406 e. The molecule has 28 heavy (non-hydrogen) atoms. The predicted octanol–water partition coefficient (Wildman–Crippen LogP) is 4.10. The molecule has 0 saturated heterocycles. The highest BCUT2D eigenvalue weighted by atomic mass is 79.9. The third kappa shape index (κ3) is 4.35. The highest BCUT2D eigenvalue weighted by molar-refractivity contribution is 9.11. The topological polar surface area (TPSA) is 75.3 Å². The number of aromatic nitrogens is 2. The normalized spacial score (nSPS) is 18.0. The molecular formula is C17H16Br2F3N3O3. The van der Waals surface area contributed by atoms with Crippen LogP contribution in [-0.4, -0.2) is 46.8 Å². The molecule has 0 spiro atoms. The first kappa shape index (κ1) is 21.1. The van der Waals surface area contributed by atoms with E-state index in [0.29, 0.717) is 32.0 Å². The Morgan fingerprint density at radius 3 is 2.79 bits per heavy atom. The third-order valence-electron chi connectivity index (χ3n) is 4.72. The van der Waals surface area contributed by atoms with Crippen LogP contribution in [-0.2, 0) is 27.3 Å². The highest BCUT2D eigenvalue weighted by Gasteiger charge is 2.38. The van der Waals surface area contributed by atoms with Gasteiger partial charge in [0.05, 0.1) is 13.5 Å². The Hall–Kier alpha value is -1.62. The molecule has 0 unspecified atom stereocenters. The maximum atomic E-state index is 13.2. The summed E-state index contributed by atoms with van der Waals surface area (Å²) < 4.78 is 45.3. The van der Waals surface area contributed by atoms with Crippen molar-refractivity contribution in [3.63, 3.8) is 0 Å². The molecule has 2 heterocycles. The van der Waals surface area contributed by atoms with E-state index in [0.717, 1.165) is 10.5 Å². The Labute approximate surface area is 175 Å². The SMILES string of the molecule is COC(=O)C[C@@H]1CCc2cc(Br)c3n[nH]c(Br)c3c2CN(CC(F)(F)F)C1=O. The Bertz CT molecular complexity index is 930. The Kier molecular flexibility index (Phi) is 6.04. The van der Waals surface area contributed by atoms with E-state index in [2.05, 4.69) is 46.8 Å². The van der Waals surface area contributed by atoms with Gasteiger partial charge in [0.15, 0.2) is 0 Å². The van der Waals surface area contributed by atoms with E-state index in [-0.39, 0.29) is 19.4 Å². The van der Waals surface area contributed by atoms with Crippen LogP contribution in [0.4, 0.5) is 13.2 Å². The van der Waals surface area contributed by atoms with Crippen molar-refractivity contribution in [1.82, 2.24) is 15.1 Å². The van der Waals surface area contributed by atoms with Gasteiger partial charge >= 0.3 is 12.1 Å². The van der Waals surface area contributed by atoms with Crippen molar-refractivity contribution >= 4 is 54.6 Å². The van der Waals surface area contributed by atoms with Gasteiger partial charge in [0.1, 0.15) is 16.7 Å². The number of methoxy groups -OCH3 is 1. The first-order valence-electron chi connectivity index (χ1n) is 8.37. The van der Waals surface area contributed by atoms with Gasteiger partial charge in [-0.25, -0.2) is 0 Å². The average molecular weight is 527 g/mol. The lowest BCUT2D eigenvalue weighted by Crippen LogP contribution is -2.43. The van der Waals surface area contributed by atoms with Crippen molar-refractivity contribution in [2.45, 2.75) is 32.0 Å². The summed E-state index contributed by atoms with van der Waals surface area (Å²) in [5, 5.41) is 7.56. The van der Waals surface area contributed by atoms with Gasteiger partial charge in [-0.15, -0.1) is 0 Å². The van der Waals surface area contributed by atoms with Crippen LogP contribution in [0.5, 0.6) is 0 Å². The Morgan fingerprint density at radius 1 is 1.43 bits per heavy atom. The number of rotatable bonds is 3. The number of carbonyl (C=O) groups is 2. The molecule has 152 valence electrons. The molecule has 0 bridgehead atoms. The summed E-state index contributed by atoms with van der Waals surface area (Å²) in [6, 6.07) is 1.81. The molecule has 1 aromatic carbocycles. The van der Waals surface area contributed by atoms with Crippen LogP contribution in [0.25, 0.3) is 10.9 Å². The second-order valence-electron chi connectivity index (χ2n) is 6.58. The first-order valence-corrected chi connectivity index (χ1v) is 9.95. The molecule has 1 amide bonds. The molecule has 0 aliphatic carbocycles. The molecule has 3 rings (SSSR count). The lowest BCUT2D eigenvalue weighted by Gasteiger charge is -2.31. The van der Waals surface area contributed by atoms with Gasteiger partial charge in [0.2, 0.25) is 5.91 Å². The standard InChI is InChI=1S/C17H16Br2F3N3O3/c1-28-12(26)5-9-3-2-8-4-11(18)14-13(15(19)24-23-14)10(8)6-25(16(9)27)7-17(20,21)22/h4,9H,2-3,5-7H2,1H3,(H,23,24)/t9-/m0/s1. The number of fused-ring (bicyclic) bond motifs is 3. The monoisotopic (exact) mass is 525 g/mol. The highest BCUT2D eigenvalue weighted by Crippen LogP contribution is 2.37. The minimum Gasteiger partial charge on any atom is -0.469 e. The smallest absolute Gasteiger partial charge is 0.406 e. The molecule has 1 atom stereocenters. The largest absolute Gasteiger partial charge is 0.469 e. The number of carbonyl (C=O) groups excluding carboxylic acids is 2. The number of aryl methyl sites for hydroxylation is 1. The van der Waals surface area contributed by atoms with Gasteiger partial charge in [0.25, 0.3) is 0 Å². The van der Waals surface area contributed by atoms with Crippen molar-refractivity contribution in [3.05, 3.63) is 26.3 Å². The summed E-state index contributed by atoms with van der Waals surface area (Å²) in [6.07, 6.45) is -4.14. The molecule has 1 aromatic heterocycles. The minimum atomic E-state index is -4.56. The molecule has 0 saturated carbocycles. The van der Waals surface area contributed by atoms with Gasteiger partial charge in [-0.2, -0.15) is 18.3 Å². The lowest BCUT2D eigenvalue weighted by atomic mass is 9.89. The number of halogens is 5. The fraction of sp³-hybridized carbons (Fsp3) is 0.471. The fourth-order valence-electron chi connectivity index (χ4n) is 3.45. The molecule has 0 radical (unpaired) electrons. The van der Waals surface area contributed by atoms with Gasteiger partial charge < -0.3 is 9.64 Å². The van der Waals surface area contributed by atoms with Gasteiger partial charge in [-0.3, -0.25) is 14.7 Å². The van der Waals surface area contributed by atoms with Crippen LogP contribution in [0.1, 0.15) is 24.0 Å². The molecule has 11 heteroatoms. The van der Waals surface area contributed by atoms with Crippen molar-refractivity contribution < 1.29 is 27.5 Å². The number of aromatic amines is 1. The van der Waals surface area contributed by atoms with Crippen molar-refractivity contribution in [1.29, 1.82) is 0 Å². The molecule has 1 N–H and O–H groups in total. The average Bonchev–Trinajstić information content (AvgIpc) is 3.00. The van der Waals surface area contributed by atoms with Crippen molar-refractivity contribution in [3.8, 4) is 0 Å². The maximum absolute atomic E-state index is 13.2. The molecular weight excluding hydrogens is 511 g/mol. The number of esters is 1. The number of ether oxygens (including phenoxy) is 1. The summed E-state index contributed by atoms with van der Waals surface area (Å²) in [5.74, 6) is -2.20. The van der Waals surface area contributed by atoms with Gasteiger partial charge in [-0.05, 0) is 61.9 Å². The summed E-state index contributed by atoms with van der Waals surface area (Å²) in [7, 11) is 1.18. The van der Waals surface area contributed by atoms with E-state index in [1.54, 1.807) is 0 Å². The lowest BCUT2D eigenvalue weighted by molar-refractivity contribution is -0.166. The zero-order valence-electron chi connectivity index (χ0n) is 14.7. The minimum absolute atomic E-state index is 0.229. The summed E-state index contributed by atoms with van der Waals surface area (Å²) in [4.78, 5) is 25.3. The van der Waals surface area contributed by atoms with E-state index >= 15 is 0 Å². The molecule has 1 aliphatic rings. The fourth-order valence-corrected chi connectivity index (χ4v) is 4.52. The predicted molar refractivity (Wildman–Crippen MR) is 101 cm³/mol. The quantitative estimate of drug-likeness (QED) is 0.611. The van der Waals surface area contributed by atoms with Crippen LogP contribution in [0.2, 0.25) is 0 Å². The number of hydrogen-bond acceptors (Lipinski definition) is 4. The number of hydrogen-bond donors (Lipinski definition) is 1. The number of alkyl halides is 3.